The molecule has 0 aliphatic heterocycles. The van der Waals surface area contributed by atoms with Gasteiger partial charge in [0.15, 0.2) is 17.6 Å². The lowest BCUT2D eigenvalue weighted by atomic mass is 10.1. The van der Waals surface area contributed by atoms with Crippen molar-refractivity contribution >= 4 is 17.3 Å². The second-order valence-corrected chi connectivity index (χ2v) is 6.35. The van der Waals surface area contributed by atoms with Gasteiger partial charge < -0.3 is 10.6 Å². The maximum Gasteiger partial charge on any atom is 0.191 e. The highest BCUT2D eigenvalue weighted by atomic mass is 32.1. The number of hydrogen-bond donors (Lipinski definition) is 2. The monoisotopic (exact) mass is 338 g/mol. The highest BCUT2D eigenvalue weighted by Gasteiger charge is 2.08. The second-order valence-electron chi connectivity index (χ2n) is 5.06. The predicted octanol–water partition coefficient (Wildman–Crippen LogP) is 2.95. The van der Waals surface area contributed by atoms with Crippen molar-refractivity contribution in [3.05, 3.63) is 51.0 Å². The van der Waals surface area contributed by atoms with Crippen LogP contribution in [0.25, 0.3) is 0 Å². The summed E-state index contributed by atoms with van der Waals surface area (Å²) < 4.78 is 26.7. The first kappa shape index (κ1) is 17.3. The standard InChI is InChI=1S/C16H20F2N4S/c1-10-11(2)23-14(22-10)9-21-16(19-3)20-8-7-12-5-4-6-13(17)15(12)18/h4-6H,7-9H2,1-3H3,(H2,19,20,21). The lowest BCUT2D eigenvalue weighted by Crippen LogP contribution is -2.37. The fourth-order valence-corrected chi connectivity index (χ4v) is 2.93. The van der Waals surface area contributed by atoms with Gasteiger partial charge in [-0.05, 0) is 31.9 Å². The molecule has 0 saturated heterocycles. The third kappa shape index (κ3) is 4.72. The van der Waals surface area contributed by atoms with Gasteiger partial charge in [-0.25, -0.2) is 13.8 Å². The number of aryl methyl sites for hydroxylation is 2. The number of halogens is 2. The molecule has 1 aromatic carbocycles. The number of nitrogens with one attached hydrogen (secondary N) is 2. The molecule has 0 aliphatic carbocycles. The summed E-state index contributed by atoms with van der Waals surface area (Å²) in [4.78, 5) is 9.75. The Bertz CT molecular complexity index is 678. The van der Waals surface area contributed by atoms with Crippen molar-refractivity contribution in [3.8, 4) is 0 Å². The number of hydrogen-bond acceptors (Lipinski definition) is 3. The average molecular weight is 338 g/mol. The molecule has 124 valence electrons. The Morgan fingerprint density at radius 3 is 2.70 bits per heavy atom. The van der Waals surface area contributed by atoms with Crippen LogP contribution in [-0.2, 0) is 13.0 Å². The third-order valence-corrected chi connectivity index (χ3v) is 4.49. The number of thiazole rings is 1. The summed E-state index contributed by atoms with van der Waals surface area (Å²) in [6, 6.07) is 4.20. The first-order valence-corrected chi connectivity index (χ1v) is 8.13. The number of aromatic nitrogens is 1. The van der Waals surface area contributed by atoms with Crippen LogP contribution >= 0.6 is 11.3 Å². The van der Waals surface area contributed by atoms with Crippen molar-refractivity contribution in [1.82, 2.24) is 15.6 Å². The smallest absolute Gasteiger partial charge is 0.191 e. The summed E-state index contributed by atoms with van der Waals surface area (Å²) >= 11 is 1.64. The van der Waals surface area contributed by atoms with Gasteiger partial charge >= 0.3 is 0 Å². The van der Waals surface area contributed by atoms with Crippen LogP contribution in [0.15, 0.2) is 23.2 Å². The Morgan fingerprint density at radius 1 is 1.26 bits per heavy atom. The molecule has 0 unspecified atom stereocenters. The highest BCUT2D eigenvalue weighted by Crippen LogP contribution is 2.15. The Labute approximate surface area is 138 Å². The maximum absolute atomic E-state index is 13.6. The summed E-state index contributed by atoms with van der Waals surface area (Å²) in [5.41, 5.74) is 1.38. The molecule has 0 atom stereocenters. The van der Waals surface area contributed by atoms with Crippen molar-refractivity contribution in [2.24, 2.45) is 4.99 Å². The van der Waals surface area contributed by atoms with Crippen molar-refractivity contribution in [1.29, 1.82) is 0 Å². The fraction of sp³-hybridized carbons (Fsp3) is 0.375. The average Bonchev–Trinajstić information content (AvgIpc) is 2.85. The quantitative estimate of drug-likeness (QED) is 0.651. The molecule has 7 heteroatoms. The van der Waals surface area contributed by atoms with Gasteiger partial charge in [0.05, 0.1) is 12.2 Å². The van der Waals surface area contributed by atoms with Crippen LogP contribution in [0.3, 0.4) is 0 Å². The summed E-state index contributed by atoms with van der Waals surface area (Å²) in [5, 5.41) is 7.23. The Kier molecular flexibility index (Phi) is 6.04. The van der Waals surface area contributed by atoms with Gasteiger partial charge in [-0.2, -0.15) is 0 Å². The molecule has 0 spiro atoms. The first-order valence-electron chi connectivity index (χ1n) is 7.31. The van der Waals surface area contributed by atoms with Gasteiger partial charge in [0, 0.05) is 18.5 Å². The molecule has 0 fully saturated rings. The molecule has 2 rings (SSSR count). The zero-order valence-electron chi connectivity index (χ0n) is 13.4. The zero-order valence-corrected chi connectivity index (χ0v) is 14.2. The van der Waals surface area contributed by atoms with Crippen molar-refractivity contribution in [3.63, 3.8) is 0 Å². The van der Waals surface area contributed by atoms with Crippen molar-refractivity contribution in [2.75, 3.05) is 13.6 Å². The Morgan fingerprint density at radius 2 is 2.04 bits per heavy atom. The van der Waals surface area contributed by atoms with Gasteiger partial charge in [-0.3, -0.25) is 4.99 Å². The van der Waals surface area contributed by atoms with Gasteiger partial charge in [-0.1, -0.05) is 12.1 Å². The maximum atomic E-state index is 13.6. The Balaban J connectivity index is 1.82. The van der Waals surface area contributed by atoms with Gasteiger partial charge in [0.2, 0.25) is 0 Å². The molecule has 1 aromatic heterocycles. The van der Waals surface area contributed by atoms with Crippen LogP contribution < -0.4 is 10.6 Å². The summed E-state index contributed by atoms with van der Waals surface area (Å²) in [6.07, 6.45) is 0.375. The van der Waals surface area contributed by atoms with Crippen LogP contribution in [0.2, 0.25) is 0 Å². The topological polar surface area (TPSA) is 49.3 Å². The van der Waals surface area contributed by atoms with E-state index in [0.717, 1.165) is 16.8 Å². The van der Waals surface area contributed by atoms with E-state index >= 15 is 0 Å². The van der Waals surface area contributed by atoms with Crippen LogP contribution in [0.1, 0.15) is 21.1 Å². The van der Waals surface area contributed by atoms with Gasteiger partial charge in [-0.15, -0.1) is 11.3 Å². The van der Waals surface area contributed by atoms with Gasteiger partial charge in [0.1, 0.15) is 5.01 Å². The lowest BCUT2D eigenvalue weighted by Gasteiger charge is -2.11. The normalized spacial score (nSPS) is 11.6. The minimum Gasteiger partial charge on any atom is -0.356 e. The van der Waals surface area contributed by atoms with E-state index in [9.17, 15) is 8.78 Å². The molecule has 23 heavy (non-hydrogen) atoms. The number of guanidine groups is 1. The van der Waals surface area contributed by atoms with E-state index in [2.05, 4.69) is 20.6 Å². The molecule has 0 saturated carbocycles. The number of benzene rings is 1. The minimum absolute atomic E-state index is 0.346. The predicted molar refractivity (Wildman–Crippen MR) is 89.9 cm³/mol. The van der Waals surface area contributed by atoms with Gasteiger partial charge in [0.25, 0.3) is 0 Å². The molecule has 0 aliphatic rings. The molecular weight excluding hydrogens is 318 g/mol. The van der Waals surface area contributed by atoms with E-state index in [-0.39, 0.29) is 0 Å². The van der Waals surface area contributed by atoms with Crippen LogP contribution in [0.4, 0.5) is 8.78 Å². The summed E-state index contributed by atoms with van der Waals surface area (Å²) in [6.45, 7) is 5.05. The van der Waals surface area contributed by atoms with E-state index in [4.69, 9.17) is 0 Å². The first-order chi connectivity index (χ1) is 11.0. The number of rotatable bonds is 5. The van der Waals surface area contributed by atoms with Crippen molar-refractivity contribution < 1.29 is 8.78 Å². The molecule has 2 aromatic rings. The molecule has 0 radical (unpaired) electrons. The van der Waals surface area contributed by atoms with E-state index in [1.807, 2.05) is 13.8 Å². The number of nitrogens with zero attached hydrogens (tertiary/aromatic N) is 2. The SMILES string of the molecule is CN=C(NCCc1cccc(F)c1F)NCc1nc(C)c(C)s1. The third-order valence-electron chi connectivity index (χ3n) is 3.42. The summed E-state index contributed by atoms with van der Waals surface area (Å²) in [5.74, 6) is -1.00. The second kappa shape index (κ2) is 8.01. The number of aliphatic imine (C=N–C) groups is 1. The van der Waals surface area contributed by atoms with E-state index in [0.29, 0.717) is 31.0 Å². The van der Waals surface area contributed by atoms with E-state index < -0.39 is 11.6 Å². The molecule has 2 N–H and O–H groups in total. The molecule has 1 heterocycles. The molecule has 0 bridgehead atoms. The zero-order chi connectivity index (χ0) is 16.8. The fourth-order valence-electron chi connectivity index (χ4n) is 2.05. The van der Waals surface area contributed by atoms with Crippen LogP contribution in [0.5, 0.6) is 0 Å². The molecule has 0 amide bonds. The van der Waals surface area contributed by atoms with E-state index in [1.54, 1.807) is 24.5 Å². The van der Waals surface area contributed by atoms with Crippen molar-refractivity contribution in [2.45, 2.75) is 26.8 Å². The Hall–Kier alpha value is -2.02. The molecule has 4 nitrogen and oxygen atoms in total. The lowest BCUT2D eigenvalue weighted by molar-refractivity contribution is 0.498. The highest BCUT2D eigenvalue weighted by molar-refractivity contribution is 7.11. The summed E-state index contributed by atoms with van der Waals surface area (Å²) in [7, 11) is 1.66. The largest absolute Gasteiger partial charge is 0.356 e. The van der Waals surface area contributed by atoms with E-state index in [1.165, 1.54) is 10.9 Å². The minimum atomic E-state index is -0.820. The molecular formula is C16H20F2N4S. The van der Waals surface area contributed by atoms with Crippen LogP contribution in [0, 0.1) is 25.5 Å². The van der Waals surface area contributed by atoms with Crippen LogP contribution in [-0.4, -0.2) is 24.5 Å².